The highest BCUT2D eigenvalue weighted by atomic mass is 32.2. The Morgan fingerprint density at radius 1 is 1.29 bits per heavy atom. The third kappa shape index (κ3) is 4.80. The summed E-state index contributed by atoms with van der Waals surface area (Å²) in [6, 6.07) is 8.37. The topological polar surface area (TPSA) is 70.5 Å². The van der Waals surface area contributed by atoms with E-state index < -0.39 is 9.84 Å². The van der Waals surface area contributed by atoms with Crippen molar-refractivity contribution in [2.75, 3.05) is 43.0 Å². The standard InChI is InChI=1S/C18H25N5O2S3/c1-14-3-2-4-15(11-14)19-17-20-23(18(26)27-17)13-21-6-8-22(9-7-21)16-5-10-28(24,25)12-16/h2-4,11,16H,5-10,12-13H2,1H3,(H,19,20). The molecule has 28 heavy (non-hydrogen) atoms. The van der Waals surface area contributed by atoms with Gasteiger partial charge in [-0.2, -0.15) is 0 Å². The van der Waals surface area contributed by atoms with Crippen molar-refractivity contribution in [2.45, 2.75) is 26.1 Å². The summed E-state index contributed by atoms with van der Waals surface area (Å²) in [6.45, 7) is 6.32. The maximum Gasteiger partial charge on any atom is 0.209 e. The first kappa shape index (κ1) is 20.0. The van der Waals surface area contributed by atoms with Crippen LogP contribution in [0.5, 0.6) is 0 Å². The molecule has 2 aromatic rings. The molecule has 1 aromatic carbocycles. The molecule has 2 aliphatic rings. The molecule has 1 atom stereocenters. The highest BCUT2D eigenvalue weighted by Crippen LogP contribution is 2.22. The van der Waals surface area contributed by atoms with Crippen LogP contribution in [0.4, 0.5) is 10.8 Å². The number of nitrogens with zero attached hydrogens (tertiary/aromatic N) is 4. The Kier molecular flexibility index (Phi) is 5.84. The zero-order valence-corrected chi connectivity index (χ0v) is 18.3. The molecule has 0 bridgehead atoms. The van der Waals surface area contributed by atoms with Gasteiger partial charge in [0, 0.05) is 37.9 Å². The lowest BCUT2D eigenvalue weighted by Crippen LogP contribution is -2.50. The van der Waals surface area contributed by atoms with Gasteiger partial charge < -0.3 is 5.32 Å². The molecule has 3 heterocycles. The molecule has 0 saturated carbocycles. The number of hydrogen-bond acceptors (Lipinski definition) is 8. The molecule has 0 aliphatic carbocycles. The average Bonchev–Trinajstić information content (AvgIpc) is 3.17. The summed E-state index contributed by atoms with van der Waals surface area (Å²) in [7, 11) is -2.83. The van der Waals surface area contributed by atoms with Crippen molar-refractivity contribution >= 4 is 44.2 Å². The minimum absolute atomic E-state index is 0.193. The van der Waals surface area contributed by atoms with Crippen molar-refractivity contribution in [3.05, 3.63) is 33.8 Å². The van der Waals surface area contributed by atoms with E-state index in [2.05, 4.69) is 39.3 Å². The third-order valence-corrected chi connectivity index (χ3v) is 8.31. The van der Waals surface area contributed by atoms with Gasteiger partial charge in [-0.25, -0.2) is 13.1 Å². The van der Waals surface area contributed by atoms with Gasteiger partial charge in [-0.15, -0.1) is 5.10 Å². The Labute approximate surface area is 174 Å². The first-order valence-electron chi connectivity index (χ1n) is 9.46. The molecular weight excluding hydrogens is 414 g/mol. The number of rotatable bonds is 5. The van der Waals surface area contributed by atoms with E-state index in [4.69, 9.17) is 12.2 Å². The first-order valence-corrected chi connectivity index (χ1v) is 12.5. The van der Waals surface area contributed by atoms with Gasteiger partial charge >= 0.3 is 0 Å². The molecule has 1 N–H and O–H groups in total. The van der Waals surface area contributed by atoms with Crippen LogP contribution in [-0.4, -0.2) is 71.7 Å². The number of sulfone groups is 1. The molecule has 0 spiro atoms. The first-order chi connectivity index (χ1) is 13.4. The lowest BCUT2D eigenvalue weighted by molar-refractivity contribution is 0.0812. The summed E-state index contributed by atoms with van der Waals surface area (Å²) in [6.07, 6.45) is 0.771. The predicted octanol–water partition coefficient (Wildman–Crippen LogP) is 2.49. The maximum atomic E-state index is 11.7. The fourth-order valence-electron chi connectivity index (χ4n) is 3.82. The molecule has 1 aromatic heterocycles. The molecule has 152 valence electrons. The van der Waals surface area contributed by atoms with Crippen LogP contribution in [0.1, 0.15) is 12.0 Å². The quantitative estimate of drug-likeness (QED) is 0.718. The molecule has 2 aliphatic heterocycles. The van der Waals surface area contributed by atoms with E-state index >= 15 is 0 Å². The number of nitrogens with one attached hydrogen (secondary N) is 1. The second-order valence-corrected chi connectivity index (χ2v) is 11.4. The number of aryl methyl sites for hydroxylation is 1. The van der Waals surface area contributed by atoms with Crippen molar-refractivity contribution in [3.63, 3.8) is 0 Å². The summed E-state index contributed by atoms with van der Waals surface area (Å²) in [4.78, 5) is 4.65. The van der Waals surface area contributed by atoms with Gasteiger partial charge in [0.1, 0.15) is 0 Å². The van der Waals surface area contributed by atoms with Crippen molar-refractivity contribution in [1.29, 1.82) is 0 Å². The van der Waals surface area contributed by atoms with Crippen LogP contribution >= 0.6 is 23.6 Å². The minimum Gasteiger partial charge on any atom is -0.330 e. The monoisotopic (exact) mass is 439 g/mol. The van der Waals surface area contributed by atoms with Crippen molar-refractivity contribution in [3.8, 4) is 0 Å². The number of hydrogen-bond donors (Lipinski definition) is 1. The predicted molar refractivity (Wildman–Crippen MR) is 116 cm³/mol. The molecule has 0 radical (unpaired) electrons. The zero-order valence-electron chi connectivity index (χ0n) is 15.9. The Morgan fingerprint density at radius 3 is 2.75 bits per heavy atom. The number of aromatic nitrogens is 2. The second-order valence-electron chi connectivity index (χ2n) is 7.52. The summed E-state index contributed by atoms with van der Waals surface area (Å²) in [5.74, 6) is 0.653. The van der Waals surface area contributed by atoms with E-state index in [9.17, 15) is 8.42 Å². The summed E-state index contributed by atoms with van der Waals surface area (Å²) in [5.41, 5.74) is 2.21. The summed E-state index contributed by atoms with van der Waals surface area (Å²) in [5, 5.41) is 8.76. The van der Waals surface area contributed by atoms with E-state index in [1.165, 1.54) is 16.9 Å². The smallest absolute Gasteiger partial charge is 0.209 e. The van der Waals surface area contributed by atoms with Gasteiger partial charge in [-0.3, -0.25) is 9.80 Å². The van der Waals surface area contributed by atoms with Crippen LogP contribution in [0.2, 0.25) is 0 Å². The Hall–Kier alpha value is -1.33. The highest BCUT2D eigenvalue weighted by Gasteiger charge is 2.33. The van der Waals surface area contributed by atoms with Crippen molar-refractivity contribution in [2.24, 2.45) is 0 Å². The molecule has 7 nitrogen and oxygen atoms in total. The number of anilines is 2. The van der Waals surface area contributed by atoms with Crippen molar-refractivity contribution in [1.82, 2.24) is 19.6 Å². The summed E-state index contributed by atoms with van der Waals surface area (Å²) >= 11 is 6.97. The normalized spacial score (nSPS) is 23.1. The molecule has 10 heteroatoms. The molecule has 4 rings (SSSR count). The Balaban J connectivity index is 1.33. The lowest BCUT2D eigenvalue weighted by atomic mass is 10.2. The van der Waals surface area contributed by atoms with E-state index in [1.54, 1.807) is 0 Å². The van der Waals surface area contributed by atoms with Gasteiger partial charge in [0.15, 0.2) is 13.8 Å². The summed E-state index contributed by atoms with van der Waals surface area (Å²) < 4.78 is 26.0. The van der Waals surface area contributed by atoms with Crippen LogP contribution in [0.3, 0.4) is 0 Å². The SMILES string of the molecule is Cc1cccc(Nc2nn(CN3CCN(C4CCS(=O)(=O)C4)CC3)c(=S)s2)c1. The molecule has 2 fully saturated rings. The van der Waals surface area contributed by atoms with Gasteiger partial charge in [-0.05, 0) is 43.3 Å². The molecule has 0 amide bonds. The van der Waals surface area contributed by atoms with Crippen LogP contribution in [-0.2, 0) is 16.5 Å². The minimum atomic E-state index is -2.83. The molecule has 2 saturated heterocycles. The zero-order chi connectivity index (χ0) is 19.7. The average molecular weight is 440 g/mol. The third-order valence-electron chi connectivity index (χ3n) is 5.34. The van der Waals surface area contributed by atoms with Gasteiger partial charge in [0.2, 0.25) is 5.13 Å². The van der Waals surface area contributed by atoms with Crippen LogP contribution in [0, 0.1) is 10.9 Å². The number of benzene rings is 1. The van der Waals surface area contributed by atoms with Gasteiger partial charge in [-0.1, -0.05) is 23.5 Å². The van der Waals surface area contributed by atoms with E-state index in [0.29, 0.717) is 18.2 Å². The van der Waals surface area contributed by atoms with E-state index in [1.807, 2.05) is 16.8 Å². The number of piperazine rings is 1. The largest absolute Gasteiger partial charge is 0.330 e. The Bertz CT molecular complexity index is 993. The molecular formula is C18H25N5O2S3. The lowest BCUT2D eigenvalue weighted by Gasteiger charge is -2.37. The maximum absolute atomic E-state index is 11.7. The van der Waals surface area contributed by atoms with Crippen LogP contribution < -0.4 is 5.32 Å². The highest BCUT2D eigenvalue weighted by molar-refractivity contribution is 7.91. The van der Waals surface area contributed by atoms with Gasteiger partial charge in [0.05, 0.1) is 18.2 Å². The van der Waals surface area contributed by atoms with Crippen LogP contribution in [0.25, 0.3) is 0 Å². The van der Waals surface area contributed by atoms with Gasteiger partial charge in [0.25, 0.3) is 0 Å². The van der Waals surface area contributed by atoms with E-state index in [-0.39, 0.29) is 6.04 Å². The second kappa shape index (κ2) is 8.19. The van der Waals surface area contributed by atoms with E-state index in [0.717, 1.165) is 47.4 Å². The Morgan fingerprint density at radius 2 is 2.07 bits per heavy atom. The fraction of sp³-hybridized carbons (Fsp3) is 0.556. The fourth-order valence-corrected chi connectivity index (χ4v) is 6.59. The molecule has 1 unspecified atom stereocenters. The van der Waals surface area contributed by atoms with Crippen molar-refractivity contribution < 1.29 is 8.42 Å². The van der Waals surface area contributed by atoms with Crippen LogP contribution in [0.15, 0.2) is 24.3 Å².